The summed E-state index contributed by atoms with van der Waals surface area (Å²) in [4.78, 5) is 18.8. The Kier molecular flexibility index (Phi) is 14.3. The van der Waals surface area contributed by atoms with Crippen LogP contribution in [0.5, 0.6) is 11.5 Å². The third kappa shape index (κ3) is 10.3. The van der Waals surface area contributed by atoms with E-state index in [2.05, 4.69) is 13.8 Å². The van der Waals surface area contributed by atoms with Crippen molar-refractivity contribution in [2.45, 2.75) is 141 Å². The summed E-state index contributed by atoms with van der Waals surface area (Å²) in [5.74, 6) is 2.04. The highest BCUT2D eigenvalue weighted by atomic mass is 19.1. The van der Waals surface area contributed by atoms with Crippen LogP contribution in [0.15, 0.2) is 49.1 Å². The van der Waals surface area contributed by atoms with Gasteiger partial charge in [-0.25, -0.2) is 28.7 Å². The van der Waals surface area contributed by atoms with Gasteiger partial charge in [0.05, 0.1) is 11.1 Å². The van der Waals surface area contributed by atoms with E-state index in [1.165, 1.54) is 48.9 Å². The van der Waals surface area contributed by atoms with E-state index in [0.29, 0.717) is 24.0 Å². The van der Waals surface area contributed by atoms with Crippen molar-refractivity contribution in [3.05, 3.63) is 106 Å². The SMILES string of the molecule is CCCCCc1cnc(C2CCC(Cc3c(Oc4ccc(C#N)c(F)c4CC4CCC(c5ncc(CCCCC)cn5)CC4)ccc(C#N)c3F)CC2)nc1. The third-order valence-electron chi connectivity index (χ3n) is 11.9. The zero-order valence-electron chi connectivity index (χ0n) is 32.5. The lowest BCUT2D eigenvalue weighted by molar-refractivity contribution is 0.308. The average molecular weight is 745 g/mol. The van der Waals surface area contributed by atoms with Gasteiger partial charge in [0, 0.05) is 47.8 Å². The van der Waals surface area contributed by atoms with Gasteiger partial charge >= 0.3 is 0 Å². The van der Waals surface area contributed by atoms with E-state index in [4.69, 9.17) is 24.7 Å². The first-order chi connectivity index (χ1) is 26.9. The fraction of sp³-hybridized carbons (Fsp3) is 0.522. The minimum absolute atomic E-state index is 0.0402. The van der Waals surface area contributed by atoms with Gasteiger partial charge in [-0.05, 0) is 137 Å². The number of aryl methyl sites for hydroxylation is 2. The Labute approximate surface area is 325 Å². The number of nitrogens with zero attached hydrogens (tertiary/aromatic N) is 6. The average Bonchev–Trinajstić information content (AvgIpc) is 3.22. The number of aromatic nitrogens is 4. The molecule has 288 valence electrons. The first-order valence-corrected chi connectivity index (χ1v) is 20.6. The normalized spacial score (nSPS) is 19.7. The minimum Gasteiger partial charge on any atom is -0.457 e. The zero-order valence-corrected chi connectivity index (χ0v) is 32.5. The third-order valence-corrected chi connectivity index (χ3v) is 11.9. The van der Waals surface area contributed by atoms with Crippen molar-refractivity contribution in [2.24, 2.45) is 11.8 Å². The molecule has 7 nitrogen and oxygen atoms in total. The molecular formula is C46H54F2N6O. The molecule has 2 saturated carbocycles. The van der Waals surface area contributed by atoms with Crippen molar-refractivity contribution in [1.29, 1.82) is 10.5 Å². The molecular weight excluding hydrogens is 691 g/mol. The Morgan fingerprint density at radius 1 is 0.582 bits per heavy atom. The number of benzene rings is 2. The molecule has 4 aromatic rings. The van der Waals surface area contributed by atoms with Crippen molar-refractivity contribution in [3.63, 3.8) is 0 Å². The second kappa shape index (κ2) is 19.7. The van der Waals surface area contributed by atoms with Gasteiger partial charge in [0.15, 0.2) is 0 Å². The summed E-state index contributed by atoms with van der Waals surface area (Å²) in [6.07, 6.45) is 24.8. The number of hydrogen-bond donors (Lipinski definition) is 0. The lowest BCUT2D eigenvalue weighted by Gasteiger charge is -2.29. The van der Waals surface area contributed by atoms with Gasteiger partial charge in [0.25, 0.3) is 0 Å². The molecule has 2 heterocycles. The second-order valence-corrected chi connectivity index (χ2v) is 15.8. The molecule has 2 aromatic carbocycles. The van der Waals surface area contributed by atoms with Crippen molar-refractivity contribution in [1.82, 2.24) is 19.9 Å². The smallest absolute Gasteiger partial charge is 0.147 e. The van der Waals surface area contributed by atoms with E-state index >= 15 is 8.78 Å². The summed E-state index contributed by atoms with van der Waals surface area (Å²) in [5, 5.41) is 19.4. The predicted octanol–water partition coefficient (Wildman–Crippen LogP) is 11.6. The van der Waals surface area contributed by atoms with E-state index in [0.717, 1.165) is 88.7 Å². The molecule has 0 radical (unpaired) electrons. The molecule has 2 aliphatic carbocycles. The molecule has 9 heteroatoms. The molecule has 0 aliphatic heterocycles. The quantitative estimate of drug-likeness (QED) is 0.105. The number of hydrogen-bond acceptors (Lipinski definition) is 7. The Balaban J connectivity index is 1.12. The lowest BCUT2D eigenvalue weighted by atomic mass is 9.78. The predicted molar refractivity (Wildman–Crippen MR) is 210 cm³/mol. The maximum atomic E-state index is 16.0. The Hall–Kier alpha value is -4.76. The van der Waals surface area contributed by atoms with Gasteiger partial charge in [-0.15, -0.1) is 0 Å². The van der Waals surface area contributed by atoms with E-state index in [1.54, 1.807) is 12.1 Å². The van der Waals surface area contributed by atoms with Crippen molar-refractivity contribution in [2.75, 3.05) is 0 Å². The highest BCUT2D eigenvalue weighted by molar-refractivity contribution is 5.49. The van der Waals surface area contributed by atoms with Crippen LogP contribution in [0.1, 0.15) is 161 Å². The molecule has 0 bridgehead atoms. The molecule has 2 fully saturated rings. The second-order valence-electron chi connectivity index (χ2n) is 15.8. The van der Waals surface area contributed by atoms with Crippen LogP contribution in [0.4, 0.5) is 8.78 Å². The van der Waals surface area contributed by atoms with E-state index in [1.807, 2.05) is 36.9 Å². The van der Waals surface area contributed by atoms with Gasteiger partial charge in [0.2, 0.25) is 0 Å². The van der Waals surface area contributed by atoms with Crippen LogP contribution in [0.2, 0.25) is 0 Å². The van der Waals surface area contributed by atoms with Crippen molar-refractivity contribution in [3.8, 4) is 23.6 Å². The maximum absolute atomic E-state index is 16.0. The molecule has 6 rings (SSSR count). The van der Waals surface area contributed by atoms with E-state index in [-0.39, 0.29) is 46.3 Å². The Bertz CT molecular complexity index is 1790. The number of halogens is 2. The van der Waals surface area contributed by atoms with Gasteiger partial charge in [-0.2, -0.15) is 10.5 Å². The number of unbranched alkanes of at least 4 members (excludes halogenated alkanes) is 4. The van der Waals surface area contributed by atoms with Gasteiger partial charge < -0.3 is 4.74 Å². The zero-order chi connectivity index (χ0) is 38.6. The first kappa shape index (κ1) is 39.9. The molecule has 0 amide bonds. The monoisotopic (exact) mass is 744 g/mol. The molecule has 55 heavy (non-hydrogen) atoms. The molecule has 0 spiro atoms. The van der Waals surface area contributed by atoms with Crippen molar-refractivity contribution >= 4 is 0 Å². The summed E-state index contributed by atoms with van der Waals surface area (Å²) < 4.78 is 38.4. The van der Waals surface area contributed by atoms with Crippen LogP contribution >= 0.6 is 0 Å². The highest BCUT2D eigenvalue weighted by Gasteiger charge is 2.29. The fourth-order valence-corrected chi connectivity index (χ4v) is 8.46. The number of nitriles is 2. The minimum atomic E-state index is -0.589. The Morgan fingerprint density at radius 2 is 0.964 bits per heavy atom. The van der Waals surface area contributed by atoms with Crippen molar-refractivity contribution < 1.29 is 13.5 Å². The first-order valence-electron chi connectivity index (χ1n) is 20.6. The van der Waals surface area contributed by atoms with Crippen LogP contribution in [-0.4, -0.2) is 19.9 Å². The van der Waals surface area contributed by atoms with Gasteiger partial charge in [0.1, 0.15) is 46.9 Å². The van der Waals surface area contributed by atoms with Crippen LogP contribution in [0.25, 0.3) is 0 Å². The largest absolute Gasteiger partial charge is 0.457 e. The molecule has 2 aromatic heterocycles. The summed E-state index contributed by atoms with van der Waals surface area (Å²) in [7, 11) is 0. The summed E-state index contributed by atoms with van der Waals surface area (Å²) in [6, 6.07) is 10.1. The van der Waals surface area contributed by atoms with Crippen LogP contribution in [0, 0.1) is 46.1 Å². The van der Waals surface area contributed by atoms with Crippen LogP contribution in [-0.2, 0) is 25.7 Å². The molecule has 0 unspecified atom stereocenters. The number of ether oxygens (including phenoxy) is 1. The maximum Gasteiger partial charge on any atom is 0.147 e. The summed E-state index contributed by atoms with van der Waals surface area (Å²) in [6.45, 7) is 4.40. The Morgan fingerprint density at radius 3 is 1.31 bits per heavy atom. The lowest BCUT2D eigenvalue weighted by Crippen LogP contribution is -2.18. The molecule has 0 N–H and O–H groups in total. The van der Waals surface area contributed by atoms with Gasteiger partial charge in [-0.3, -0.25) is 0 Å². The van der Waals surface area contributed by atoms with Crippen LogP contribution in [0.3, 0.4) is 0 Å². The summed E-state index contributed by atoms with van der Waals surface area (Å²) in [5.41, 5.74) is 2.94. The standard InChI is InChI=1S/C46H54F2N6O/c1-3-5-7-9-33-27-51-45(52-28-33)35-15-11-31(12-16-35)23-39-41(21-19-37(25-49)43(39)47)55-42-22-20-38(26-50)44(48)40(42)24-32-13-17-36(18-14-32)46-53-29-34(30-54-46)10-8-6-4-2/h19-22,27-32,35-36H,3-18,23-24H2,1-2H3. The molecule has 2 aliphatic rings. The topological polar surface area (TPSA) is 108 Å². The highest BCUT2D eigenvalue weighted by Crippen LogP contribution is 2.42. The summed E-state index contributed by atoms with van der Waals surface area (Å²) >= 11 is 0. The van der Waals surface area contributed by atoms with Crippen LogP contribution < -0.4 is 4.74 Å². The van der Waals surface area contributed by atoms with E-state index < -0.39 is 11.6 Å². The fourth-order valence-electron chi connectivity index (χ4n) is 8.46. The molecule has 0 saturated heterocycles. The van der Waals surface area contributed by atoms with Gasteiger partial charge in [-0.1, -0.05) is 39.5 Å². The number of rotatable bonds is 16. The molecule has 0 atom stereocenters. The van der Waals surface area contributed by atoms with E-state index in [9.17, 15) is 10.5 Å².